The Morgan fingerprint density at radius 3 is 2.91 bits per heavy atom. The third kappa shape index (κ3) is 2.49. The Hall–Kier alpha value is -2.67. The Bertz CT molecular complexity index is 893. The van der Waals surface area contributed by atoms with Crippen LogP contribution in [0.1, 0.15) is 6.42 Å². The van der Waals surface area contributed by atoms with Gasteiger partial charge in [-0.05, 0) is 24.4 Å². The van der Waals surface area contributed by atoms with Gasteiger partial charge in [0.15, 0.2) is 5.82 Å². The average molecular weight is 310 g/mol. The van der Waals surface area contributed by atoms with Crippen LogP contribution in [0.3, 0.4) is 0 Å². The van der Waals surface area contributed by atoms with Crippen LogP contribution < -0.4 is 15.9 Å². The van der Waals surface area contributed by atoms with Crippen LogP contribution in [-0.4, -0.2) is 46.3 Å². The first-order valence-electron chi connectivity index (χ1n) is 7.71. The van der Waals surface area contributed by atoms with E-state index in [1.54, 1.807) is 0 Å². The van der Waals surface area contributed by atoms with E-state index in [1.165, 1.54) is 0 Å². The first-order valence-corrected chi connectivity index (χ1v) is 7.71. The largest absolute Gasteiger partial charge is 0.355 e. The maximum absolute atomic E-state index is 11.3. The minimum atomic E-state index is -0.329. The van der Waals surface area contributed by atoms with Crippen molar-refractivity contribution < 1.29 is 0 Å². The number of H-pyrrole nitrogens is 2. The number of pyridine rings is 1. The molecule has 0 spiro atoms. The standard InChI is InChI=1S/C16H18N6O/c1-22(11-6-7-17-9-11)15-12-5-3-2-4-10(12)8-13(18-15)14-19-16(23)21-20-14/h2-5,8,11,17H,6-7,9H2,1H3,(H2,19,20,21,23). The van der Waals surface area contributed by atoms with Gasteiger partial charge in [0.05, 0.1) is 0 Å². The van der Waals surface area contributed by atoms with Crippen LogP contribution in [0.25, 0.3) is 22.3 Å². The summed E-state index contributed by atoms with van der Waals surface area (Å²) in [6.45, 7) is 1.98. The molecule has 1 aromatic carbocycles. The molecule has 2 aromatic heterocycles. The molecule has 1 aliphatic heterocycles. The molecule has 7 heteroatoms. The second-order valence-electron chi connectivity index (χ2n) is 5.84. The summed E-state index contributed by atoms with van der Waals surface area (Å²) in [6, 6.07) is 10.5. The summed E-state index contributed by atoms with van der Waals surface area (Å²) in [6.07, 6.45) is 1.09. The van der Waals surface area contributed by atoms with Crippen LogP contribution in [0, 0.1) is 0 Å². The molecule has 3 N–H and O–H groups in total. The third-order valence-corrected chi connectivity index (χ3v) is 4.38. The number of likely N-dealkylation sites (N-methyl/N-ethyl adjacent to an activating group) is 1. The second-order valence-corrected chi connectivity index (χ2v) is 5.84. The van der Waals surface area contributed by atoms with E-state index in [1.807, 2.05) is 18.2 Å². The highest BCUT2D eigenvalue weighted by Gasteiger charge is 2.22. The first-order chi connectivity index (χ1) is 11.2. The molecule has 0 bridgehead atoms. The summed E-state index contributed by atoms with van der Waals surface area (Å²) in [4.78, 5) is 21.0. The fourth-order valence-electron chi connectivity index (χ4n) is 3.10. The van der Waals surface area contributed by atoms with Crippen LogP contribution in [0.5, 0.6) is 0 Å². The number of nitrogens with zero attached hydrogens (tertiary/aromatic N) is 3. The quantitative estimate of drug-likeness (QED) is 0.674. The zero-order chi connectivity index (χ0) is 15.8. The van der Waals surface area contributed by atoms with Crippen LogP contribution in [-0.2, 0) is 0 Å². The van der Waals surface area contributed by atoms with Crippen molar-refractivity contribution in [2.24, 2.45) is 0 Å². The van der Waals surface area contributed by atoms with Gasteiger partial charge in [0, 0.05) is 25.0 Å². The number of aromatic amines is 2. The molecule has 0 amide bonds. The monoisotopic (exact) mass is 310 g/mol. The molecule has 1 unspecified atom stereocenters. The number of rotatable bonds is 3. The smallest absolute Gasteiger partial charge is 0.340 e. The molecule has 4 rings (SSSR count). The molecule has 1 fully saturated rings. The Morgan fingerprint density at radius 2 is 2.17 bits per heavy atom. The van der Waals surface area contributed by atoms with E-state index in [-0.39, 0.29) is 5.69 Å². The highest BCUT2D eigenvalue weighted by molar-refractivity contribution is 5.94. The van der Waals surface area contributed by atoms with Crippen molar-refractivity contribution in [3.05, 3.63) is 40.8 Å². The van der Waals surface area contributed by atoms with Crippen LogP contribution in [0.4, 0.5) is 5.82 Å². The number of benzene rings is 1. The third-order valence-electron chi connectivity index (χ3n) is 4.38. The maximum atomic E-state index is 11.3. The van der Waals surface area contributed by atoms with E-state index in [0.29, 0.717) is 17.6 Å². The van der Waals surface area contributed by atoms with Gasteiger partial charge in [-0.3, -0.25) is 4.98 Å². The van der Waals surface area contributed by atoms with Gasteiger partial charge in [-0.2, -0.15) is 5.10 Å². The van der Waals surface area contributed by atoms with Gasteiger partial charge in [-0.25, -0.2) is 14.9 Å². The summed E-state index contributed by atoms with van der Waals surface area (Å²) in [5, 5.41) is 12.0. The molecule has 23 heavy (non-hydrogen) atoms. The zero-order valence-corrected chi connectivity index (χ0v) is 12.8. The second kappa shape index (κ2) is 5.51. The molecule has 1 saturated heterocycles. The fraction of sp³-hybridized carbons (Fsp3) is 0.312. The average Bonchev–Trinajstić information content (AvgIpc) is 3.24. The number of nitrogens with one attached hydrogen (secondary N) is 3. The predicted octanol–water partition coefficient (Wildman–Crippen LogP) is 1.11. The van der Waals surface area contributed by atoms with Gasteiger partial charge < -0.3 is 10.2 Å². The number of aromatic nitrogens is 4. The molecule has 118 valence electrons. The van der Waals surface area contributed by atoms with E-state index >= 15 is 0 Å². The maximum Gasteiger partial charge on any atom is 0.340 e. The highest BCUT2D eigenvalue weighted by Crippen LogP contribution is 2.29. The van der Waals surface area contributed by atoms with Crippen molar-refractivity contribution in [1.82, 2.24) is 25.5 Å². The molecule has 1 atom stereocenters. The van der Waals surface area contributed by atoms with Crippen LogP contribution >= 0.6 is 0 Å². The Kier molecular flexibility index (Phi) is 3.34. The molecule has 0 radical (unpaired) electrons. The minimum absolute atomic E-state index is 0.329. The van der Waals surface area contributed by atoms with Gasteiger partial charge in [0.1, 0.15) is 11.5 Å². The summed E-state index contributed by atoms with van der Waals surface area (Å²) >= 11 is 0. The summed E-state index contributed by atoms with van der Waals surface area (Å²) < 4.78 is 0. The summed E-state index contributed by atoms with van der Waals surface area (Å²) in [5.74, 6) is 1.37. The van der Waals surface area contributed by atoms with Crippen molar-refractivity contribution in [2.45, 2.75) is 12.5 Å². The van der Waals surface area contributed by atoms with Crippen molar-refractivity contribution in [2.75, 3.05) is 25.0 Å². The van der Waals surface area contributed by atoms with Gasteiger partial charge in [0.25, 0.3) is 0 Å². The normalized spacial score (nSPS) is 17.7. The van der Waals surface area contributed by atoms with Crippen molar-refractivity contribution in [3.63, 3.8) is 0 Å². The molecule has 3 heterocycles. The van der Waals surface area contributed by atoms with Crippen LogP contribution in [0.2, 0.25) is 0 Å². The van der Waals surface area contributed by atoms with Crippen molar-refractivity contribution in [3.8, 4) is 11.5 Å². The van der Waals surface area contributed by atoms with Gasteiger partial charge in [-0.1, -0.05) is 24.3 Å². The van der Waals surface area contributed by atoms with E-state index in [4.69, 9.17) is 4.98 Å². The van der Waals surface area contributed by atoms with Gasteiger partial charge in [0.2, 0.25) is 0 Å². The molecule has 1 aliphatic rings. The SMILES string of the molecule is CN(c1nc(-c2n[nH]c(=O)[nH]2)cc2ccccc12)C1CCNC1. The minimum Gasteiger partial charge on any atom is -0.355 e. The summed E-state index contributed by atoms with van der Waals surface area (Å²) in [5.41, 5.74) is 0.333. The first kappa shape index (κ1) is 14.0. The van der Waals surface area contributed by atoms with E-state index in [9.17, 15) is 4.79 Å². The summed E-state index contributed by atoms with van der Waals surface area (Å²) in [7, 11) is 2.07. The number of hydrogen-bond donors (Lipinski definition) is 3. The molecule has 0 aliphatic carbocycles. The topological polar surface area (TPSA) is 89.7 Å². The molecule has 7 nitrogen and oxygen atoms in total. The highest BCUT2D eigenvalue weighted by atomic mass is 16.1. The Morgan fingerprint density at radius 1 is 1.30 bits per heavy atom. The Balaban J connectivity index is 1.88. The van der Waals surface area contributed by atoms with Gasteiger partial charge >= 0.3 is 5.69 Å². The zero-order valence-electron chi connectivity index (χ0n) is 12.8. The molecular formula is C16H18N6O. The van der Waals surface area contributed by atoms with E-state index in [2.05, 4.69) is 44.6 Å². The fourth-order valence-corrected chi connectivity index (χ4v) is 3.10. The number of hydrogen-bond acceptors (Lipinski definition) is 5. The van der Waals surface area contributed by atoms with Gasteiger partial charge in [-0.15, -0.1) is 0 Å². The lowest BCUT2D eigenvalue weighted by Gasteiger charge is -2.26. The van der Waals surface area contributed by atoms with E-state index in [0.717, 1.165) is 36.1 Å². The lowest BCUT2D eigenvalue weighted by atomic mass is 10.1. The lowest BCUT2D eigenvalue weighted by molar-refractivity contribution is 0.680. The van der Waals surface area contributed by atoms with Crippen LogP contribution in [0.15, 0.2) is 35.1 Å². The number of anilines is 1. The molecule has 0 saturated carbocycles. The number of fused-ring (bicyclic) bond motifs is 1. The van der Waals surface area contributed by atoms with Crippen molar-refractivity contribution >= 4 is 16.6 Å². The lowest BCUT2D eigenvalue weighted by Crippen LogP contribution is -2.34. The van der Waals surface area contributed by atoms with Crippen molar-refractivity contribution in [1.29, 1.82) is 0 Å². The van der Waals surface area contributed by atoms with E-state index < -0.39 is 0 Å². The Labute approximate surface area is 132 Å². The molecule has 3 aromatic rings. The molecular weight excluding hydrogens is 292 g/mol. The predicted molar refractivity (Wildman–Crippen MR) is 89.6 cm³/mol.